The van der Waals surface area contributed by atoms with Crippen LogP contribution in [-0.2, 0) is 4.79 Å². The molecule has 2 saturated heterocycles. The fourth-order valence-electron chi connectivity index (χ4n) is 4.30. The quantitative estimate of drug-likeness (QED) is 0.712. The van der Waals surface area contributed by atoms with E-state index in [0.717, 1.165) is 57.2 Å². The van der Waals surface area contributed by atoms with Gasteiger partial charge in [0, 0.05) is 45.3 Å². The number of ether oxygens (including phenoxy) is 2. The number of rotatable bonds is 6. The molecule has 0 aromatic heterocycles. The van der Waals surface area contributed by atoms with Crippen LogP contribution in [0.1, 0.15) is 19.3 Å². The van der Waals surface area contributed by atoms with Gasteiger partial charge in [0.15, 0.2) is 6.61 Å². The maximum atomic E-state index is 12.9. The van der Waals surface area contributed by atoms with Gasteiger partial charge in [-0.15, -0.1) is 0 Å². The van der Waals surface area contributed by atoms with E-state index in [4.69, 9.17) is 9.47 Å². The average molecular weight is 424 g/mol. The molecule has 1 amide bonds. The number of hydrogen-bond donors (Lipinski definition) is 0. The van der Waals surface area contributed by atoms with E-state index in [0.29, 0.717) is 11.8 Å². The minimum absolute atomic E-state index is 0.0747. The molecule has 0 saturated carbocycles. The lowest BCUT2D eigenvalue weighted by molar-refractivity contribution is -0.134. The molecule has 166 valence electrons. The van der Waals surface area contributed by atoms with Crippen LogP contribution in [0.2, 0.25) is 0 Å². The molecule has 6 nitrogen and oxygen atoms in total. The molecule has 0 spiro atoms. The molecule has 0 radical (unpaired) electrons. The molecule has 2 aliphatic heterocycles. The summed E-state index contributed by atoms with van der Waals surface area (Å²) in [6.07, 6.45) is 3.43. The fourth-order valence-corrected chi connectivity index (χ4v) is 4.30. The normalized spacial score (nSPS) is 20.8. The Hall–Kier alpha value is -2.57. The molecule has 0 N–H and O–H groups in total. The third kappa shape index (κ3) is 6.21. The van der Waals surface area contributed by atoms with Crippen molar-refractivity contribution in [2.45, 2.75) is 25.3 Å². The molecule has 0 bridgehead atoms. The molecule has 2 aromatic carbocycles. The van der Waals surface area contributed by atoms with Gasteiger partial charge in [0.05, 0.1) is 0 Å². The van der Waals surface area contributed by atoms with Crippen molar-refractivity contribution >= 4 is 5.91 Å². The van der Waals surface area contributed by atoms with Gasteiger partial charge in [-0.05, 0) is 56.3 Å². The van der Waals surface area contributed by atoms with Gasteiger partial charge in [-0.25, -0.2) is 0 Å². The van der Waals surface area contributed by atoms with Crippen molar-refractivity contribution in [3.63, 3.8) is 0 Å². The fraction of sp³-hybridized carbons (Fsp3) is 0.480. The summed E-state index contributed by atoms with van der Waals surface area (Å²) in [4.78, 5) is 19.8. The Morgan fingerprint density at radius 2 is 1.55 bits per heavy atom. The van der Waals surface area contributed by atoms with Gasteiger partial charge in [-0.1, -0.05) is 24.6 Å². The lowest BCUT2D eigenvalue weighted by Crippen LogP contribution is -2.52. The highest BCUT2D eigenvalue weighted by Crippen LogP contribution is 2.24. The second-order valence-electron chi connectivity index (χ2n) is 8.50. The number of nitrogens with zero attached hydrogens (tertiary/aromatic N) is 3. The monoisotopic (exact) mass is 423 g/mol. The second kappa shape index (κ2) is 10.6. The molecule has 6 heteroatoms. The summed E-state index contributed by atoms with van der Waals surface area (Å²) in [5, 5.41) is 0. The maximum absolute atomic E-state index is 12.9. The molecule has 2 aromatic rings. The van der Waals surface area contributed by atoms with Gasteiger partial charge >= 0.3 is 0 Å². The van der Waals surface area contributed by atoms with Crippen LogP contribution >= 0.6 is 0 Å². The number of likely N-dealkylation sites (N-methyl/N-ethyl adjacent to an activating group) is 1. The number of amides is 1. The zero-order chi connectivity index (χ0) is 21.5. The highest BCUT2D eigenvalue weighted by Gasteiger charge is 2.28. The number of carbonyl (C=O) groups is 1. The van der Waals surface area contributed by atoms with Crippen molar-refractivity contribution in [2.24, 2.45) is 0 Å². The third-order valence-electron chi connectivity index (χ3n) is 6.22. The van der Waals surface area contributed by atoms with Crippen LogP contribution in [0.4, 0.5) is 0 Å². The summed E-state index contributed by atoms with van der Waals surface area (Å²) in [7, 11) is 2.18. The first-order chi connectivity index (χ1) is 15.2. The lowest BCUT2D eigenvalue weighted by Gasteiger charge is -2.39. The van der Waals surface area contributed by atoms with Crippen LogP contribution in [0.3, 0.4) is 0 Å². The largest absolute Gasteiger partial charge is 0.484 e. The van der Waals surface area contributed by atoms with Crippen LogP contribution in [0.5, 0.6) is 17.2 Å². The Labute approximate surface area is 185 Å². The first-order valence-corrected chi connectivity index (χ1v) is 11.3. The van der Waals surface area contributed by atoms with E-state index >= 15 is 0 Å². The summed E-state index contributed by atoms with van der Waals surface area (Å²) in [5.74, 6) is 2.29. The summed E-state index contributed by atoms with van der Waals surface area (Å²) < 4.78 is 11.6. The molecule has 0 aliphatic carbocycles. The van der Waals surface area contributed by atoms with Crippen molar-refractivity contribution in [2.75, 3.05) is 52.9 Å². The maximum Gasteiger partial charge on any atom is 0.260 e. The SMILES string of the molecule is CN1CCN(C2CCCCN(C(=O)COc3ccc(Oc4ccccc4)cc3)C2)CC1. The number of benzene rings is 2. The molecule has 2 fully saturated rings. The van der Waals surface area contributed by atoms with Crippen LogP contribution in [0.15, 0.2) is 54.6 Å². The Morgan fingerprint density at radius 3 is 2.29 bits per heavy atom. The number of para-hydroxylation sites is 1. The van der Waals surface area contributed by atoms with Crippen LogP contribution in [-0.4, -0.2) is 79.6 Å². The van der Waals surface area contributed by atoms with E-state index in [1.807, 2.05) is 59.5 Å². The molecule has 2 heterocycles. The van der Waals surface area contributed by atoms with Gasteiger partial charge in [0.2, 0.25) is 0 Å². The number of hydrogen-bond acceptors (Lipinski definition) is 5. The van der Waals surface area contributed by atoms with E-state index in [1.54, 1.807) is 0 Å². The van der Waals surface area contributed by atoms with Crippen LogP contribution in [0.25, 0.3) is 0 Å². The summed E-state index contributed by atoms with van der Waals surface area (Å²) >= 11 is 0. The lowest BCUT2D eigenvalue weighted by atomic mass is 10.1. The Morgan fingerprint density at radius 1 is 0.871 bits per heavy atom. The summed E-state index contributed by atoms with van der Waals surface area (Å²) in [6, 6.07) is 17.6. The summed E-state index contributed by atoms with van der Waals surface area (Å²) in [6.45, 7) is 6.13. The van der Waals surface area contributed by atoms with E-state index in [-0.39, 0.29) is 12.5 Å². The second-order valence-corrected chi connectivity index (χ2v) is 8.50. The first kappa shape index (κ1) is 21.7. The van der Waals surface area contributed by atoms with Crippen molar-refractivity contribution in [1.82, 2.24) is 14.7 Å². The molecule has 1 unspecified atom stereocenters. The van der Waals surface area contributed by atoms with Gasteiger partial charge < -0.3 is 19.3 Å². The van der Waals surface area contributed by atoms with Gasteiger partial charge in [0.25, 0.3) is 5.91 Å². The van der Waals surface area contributed by atoms with Crippen molar-refractivity contribution in [3.8, 4) is 17.2 Å². The Kier molecular flexibility index (Phi) is 7.43. The Bertz CT molecular complexity index is 820. The zero-order valence-electron chi connectivity index (χ0n) is 18.4. The smallest absolute Gasteiger partial charge is 0.260 e. The Balaban J connectivity index is 1.27. The minimum Gasteiger partial charge on any atom is -0.484 e. The number of piperazine rings is 1. The van der Waals surface area contributed by atoms with E-state index in [2.05, 4.69) is 16.8 Å². The minimum atomic E-state index is 0.0747. The molecule has 1 atom stereocenters. The van der Waals surface area contributed by atoms with E-state index < -0.39 is 0 Å². The van der Waals surface area contributed by atoms with Gasteiger partial charge in [-0.3, -0.25) is 9.69 Å². The third-order valence-corrected chi connectivity index (χ3v) is 6.22. The molecule has 31 heavy (non-hydrogen) atoms. The van der Waals surface area contributed by atoms with Gasteiger partial charge in [0.1, 0.15) is 17.2 Å². The van der Waals surface area contributed by atoms with Crippen molar-refractivity contribution in [1.29, 1.82) is 0 Å². The standard InChI is InChI=1S/C25H33N3O3/c1-26-15-17-27(18-16-26)21-7-5-6-14-28(19-21)25(29)20-30-22-10-12-24(13-11-22)31-23-8-3-2-4-9-23/h2-4,8-13,21H,5-7,14-20H2,1H3. The first-order valence-electron chi connectivity index (χ1n) is 11.3. The van der Waals surface area contributed by atoms with Crippen molar-refractivity contribution in [3.05, 3.63) is 54.6 Å². The highest BCUT2D eigenvalue weighted by atomic mass is 16.5. The predicted octanol–water partition coefficient (Wildman–Crippen LogP) is 3.49. The highest BCUT2D eigenvalue weighted by molar-refractivity contribution is 5.77. The number of carbonyl (C=O) groups excluding carboxylic acids is 1. The van der Waals surface area contributed by atoms with Crippen LogP contribution in [0, 0.1) is 0 Å². The van der Waals surface area contributed by atoms with E-state index in [9.17, 15) is 4.79 Å². The average Bonchev–Trinajstić information content (AvgIpc) is 3.06. The van der Waals surface area contributed by atoms with Crippen molar-refractivity contribution < 1.29 is 14.3 Å². The molecular weight excluding hydrogens is 390 g/mol. The predicted molar refractivity (Wildman–Crippen MR) is 122 cm³/mol. The number of likely N-dealkylation sites (tertiary alicyclic amines) is 1. The van der Waals surface area contributed by atoms with Crippen LogP contribution < -0.4 is 9.47 Å². The zero-order valence-corrected chi connectivity index (χ0v) is 18.4. The molecule has 4 rings (SSSR count). The topological polar surface area (TPSA) is 45.2 Å². The molecule has 2 aliphatic rings. The van der Waals surface area contributed by atoms with E-state index in [1.165, 1.54) is 12.8 Å². The van der Waals surface area contributed by atoms with Gasteiger partial charge in [-0.2, -0.15) is 0 Å². The summed E-state index contributed by atoms with van der Waals surface area (Å²) in [5.41, 5.74) is 0. The molecular formula is C25H33N3O3.